The Kier molecular flexibility index (Phi) is 4.08. The summed E-state index contributed by atoms with van der Waals surface area (Å²) in [5.74, 6) is -1.05. The van der Waals surface area contributed by atoms with Crippen molar-refractivity contribution >= 4 is 6.09 Å². The van der Waals surface area contributed by atoms with E-state index in [1.165, 1.54) is 0 Å². The number of ether oxygens (including phenoxy) is 3. The first kappa shape index (κ1) is 16.2. The number of carbonyl (C=O) groups is 1. The summed E-state index contributed by atoms with van der Waals surface area (Å²) in [5.41, 5.74) is 0.264. The van der Waals surface area contributed by atoms with E-state index in [4.69, 9.17) is 14.2 Å². The fourth-order valence-electron chi connectivity index (χ4n) is 2.97. The van der Waals surface area contributed by atoms with Crippen LogP contribution in [0.4, 0.5) is 4.79 Å². The monoisotopic (exact) mass is 321 g/mol. The number of carbonyl (C=O) groups excluding carboxylic acids is 1. The molecular formula is C17H23NO5. The molecular weight excluding hydrogens is 298 g/mol. The molecule has 126 valence electrons. The lowest BCUT2D eigenvalue weighted by Gasteiger charge is -2.39. The van der Waals surface area contributed by atoms with E-state index in [0.29, 0.717) is 6.54 Å². The predicted octanol–water partition coefficient (Wildman–Crippen LogP) is 1.87. The van der Waals surface area contributed by atoms with Gasteiger partial charge >= 0.3 is 6.09 Å². The molecule has 2 heterocycles. The van der Waals surface area contributed by atoms with Gasteiger partial charge in [-0.3, -0.25) is 4.90 Å². The van der Waals surface area contributed by atoms with Crippen LogP contribution >= 0.6 is 0 Å². The topological polar surface area (TPSA) is 68.2 Å². The van der Waals surface area contributed by atoms with Gasteiger partial charge in [-0.15, -0.1) is 0 Å². The van der Waals surface area contributed by atoms with Crippen LogP contribution in [0.5, 0.6) is 0 Å². The Morgan fingerprint density at radius 2 is 2.04 bits per heavy atom. The summed E-state index contributed by atoms with van der Waals surface area (Å²) in [7, 11) is 0. The molecule has 0 aromatic heterocycles. The maximum Gasteiger partial charge on any atom is 0.410 e. The van der Waals surface area contributed by atoms with Gasteiger partial charge in [0.25, 0.3) is 0 Å². The fourth-order valence-corrected chi connectivity index (χ4v) is 2.97. The molecule has 2 saturated heterocycles. The summed E-state index contributed by atoms with van der Waals surface area (Å²) in [4.78, 5) is 14.0. The van der Waals surface area contributed by atoms with E-state index in [1.807, 2.05) is 51.1 Å². The second-order valence-electron chi connectivity index (χ2n) is 6.97. The summed E-state index contributed by atoms with van der Waals surface area (Å²) < 4.78 is 17.5. The molecule has 2 aliphatic rings. The number of amides is 1. The van der Waals surface area contributed by atoms with Gasteiger partial charge in [-0.2, -0.15) is 0 Å². The lowest BCUT2D eigenvalue weighted by molar-refractivity contribution is -0.214. The van der Waals surface area contributed by atoms with Gasteiger partial charge in [0.2, 0.25) is 5.79 Å². The van der Waals surface area contributed by atoms with Crippen molar-refractivity contribution in [2.75, 3.05) is 19.7 Å². The van der Waals surface area contributed by atoms with Crippen LogP contribution in [0.15, 0.2) is 30.3 Å². The lowest BCUT2D eigenvalue weighted by atomic mass is 10.0. The van der Waals surface area contributed by atoms with Crippen molar-refractivity contribution in [1.82, 2.24) is 4.90 Å². The van der Waals surface area contributed by atoms with Crippen LogP contribution in [-0.4, -0.2) is 53.6 Å². The molecule has 3 rings (SSSR count). The van der Waals surface area contributed by atoms with E-state index in [0.717, 1.165) is 5.56 Å². The van der Waals surface area contributed by atoms with Gasteiger partial charge in [-0.05, 0) is 20.8 Å². The van der Waals surface area contributed by atoms with E-state index in [2.05, 4.69) is 0 Å². The highest BCUT2D eigenvalue weighted by Gasteiger charge is 2.55. The van der Waals surface area contributed by atoms with Crippen molar-refractivity contribution in [3.8, 4) is 0 Å². The maximum atomic E-state index is 12.4. The van der Waals surface area contributed by atoms with Crippen molar-refractivity contribution in [2.24, 2.45) is 0 Å². The van der Waals surface area contributed by atoms with E-state index < -0.39 is 23.6 Å². The summed E-state index contributed by atoms with van der Waals surface area (Å²) in [6.45, 7) is 5.93. The molecule has 0 saturated carbocycles. The molecule has 1 aromatic carbocycles. The number of hydrogen-bond donors (Lipinski definition) is 1. The molecule has 2 fully saturated rings. The highest BCUT2D eigenvalue weighted by atomic mass is 16.8. The molecule has 0 aliphatic carbocycles. The summed E-state index contributed by atoms with van der Waals surface area (Å²) in [5, 5.41) is 9.55. The van der Waals surface area contributed by atoms with Crippen molar-refractivity contribution in [2.45, 2.75) is 44.4 Å². The average molecular weight is 321 g/mol. The predicted molar refractivity (Wildman–Crippen MR) is 82.8 cm³/mol. The van der Waals surface area contributed by atoms with Crippen LogP contribution in [0.3, 0.4) is 0 Å². The smallest absolute Gasteiger partial charge is 0.410 e. The van der Waals surface area contributed by atoms with Gasteiger partial charge in [-0.25, -0.2) is 4.79 Å². The molecule has 1 aromatic rings. The van der Waals surface area contributed by atoms with Crippen molar-refractivity contribution in [3.05, 3.63) is 35.9 Å². The highest BCUT2D eigenvalue weighted by molar-refractivity contribution is 5.68. The number of aliphatic hydroxyl groups excluding tert-OH is 1. The van der Waals surface area contributed by atoms with E-state index in [1.54, 1.807) is 4.90 Å². The molecule has 0 radical (unpaired) electrons. The molecule has 2 bridgehead atoms. The van der Waals surface area contributed by atoms with Crippen molar-refractivity contribution in [3.63, 3.8) is 0 Å². The van der Waals surface area contributed by atoms with Gasteiger partial charge in [0.1, 0.15) is 17.8 Å². The molecule has 3 atom stereocenters. The first-order chi connectivity index (χ1) is 10.8. The summed E-state index contributed by atoms with van der Waals surface area (Å²) in [6, 6.07) is 9.49. The number of rotatable bonds is 2. The molecule has 1 amide bonds. The molecule has 0 unspecified atom stereocenters. The number of benzene rings is 1. The number of hydrogen-bond acceptors (Lipinski definition) is 5. The zero-order valence-electron chi connectivity index (χ0n) is 13.7. The third-order valence-electron chi connectivity index (χ3n) is 3.94. The zero-order valence-corrected chi connectivity index (χ0v) is 13.7. The molecule has 23 heavy (non-hydrogen) atoms. The maximum absolute atomic E-state index is 12.4. The molecule has 2 aliphatic heterocycles. The Hall–Kier alpha value is -1.63. The molecule has 6 heteroatoms. The van der Waals surface area contributed by atoms with Gasteiger partial charge in [0.05, 0.1) is 19.7 Å². The van der Waals surface area contributed by atoms with Gasteiger partial charge in [0, 0.05) is 5.56 Å². The van der Waals surface area contributed by atoms with Gasteiger partial charge < -0.3 is 19.3 Å². The van der Waals surface area contributed by atoms with Crippen LogP contribution in [0.1, 0.15) is 26.3 Å². The Bertz CT molecular complexity index is 570. The Labute approximate surface area is 135 Å². The minimum absolute atomic E-state index is 0.151. The number of fused-ring (bicyclic) bond motifs is 2. The number of morpholine rings is 1. The van der Waals surface area contributed by atoms with Gasteiger partial charge in [-0.1, -0.05) is 30.3 Å². The minimum Gasteiger partial charge on any atom is -0.444 e. The number of nitrogens with zero attached hydrogens (tertiary/aromatic N) is 1. The lowest BCUT2D eigenvalue weighted by Crippen LogP contribution is -2.53. The second-order valence-corrected chi connectivity index (χ2v) is 6.97. The first-order valence-electron chi connectivity index (χ1n) is 7.83. The highest BCUT2D eigenvalue weighted by Crippen LogP contribution is 2.42. The van der Waals surface area contributed by atoms with E-state index in [-0.39, 0.29) is 19.3 Å². The average Bonchev–Trinajstić information content (AvgIpc) is 2.77. The SMILES string of the molecule is CC(C)(C)OC(=O)N1C[C@@H]2O[C@](c3ccccc3)(C1)O[C@@H]2CO. The Morgan fingerprint density at radius 3 is 2.65 bits per heavy atom. The van der Waals surface area contributed by atoms with Crippen LogP contribution < -0.4 is 0 Å². The first-order valence-corrected chi connectivity index (χ1v) is 7.83. The van der Waals surface area contributed by atoms with Crippen LogP contribution in [0.2, 0.25) is 0 Å². The molecule has 1 N–H and O–H groups in total. The quantitative estimate of drug-likeness (QED) is 0.900. The summed E-state index contributed by atoms with van der Waals surface area (Å²) >= 11 is 0. The normalized spacial score (nSPS) is 30.3. The van der Waals surface area contributed by atoms with Crippen molar-refractivity contribution in [1.29, 1.82) is 0 Å². The fraction of sp³-hybridized carbons (Fsp3) is 0.588. The molecule has 6 nitrogen and oxygen atoms in total. The Balaban J connectivity index is 1.87. The van der Waals surface area contributed by atoms with E-state index >= 15 is 0 Å². The van der Waals surface area contributed by atoms with Crippen LogP contribution in [0, 0.1) is 0 Å². The largest absolute Gasteiger partial charge is 0.444 e. The third kappa shape index (κ3) is 3.20. The zero-order chi connectivity index (χ0) is 16.7. The van der Waals surface area contributed by atoms with Gasteiger partial charge in [0.15, 0.2) is 0 Å². The minimum atomic E-state index is -1.05. The standard InChI is InChI=1S/C17H23NO5/c1-16(2,3)23-15(20)18-9-13-14(10-19)22-17(11-18,21-13)12-7-5-4-6-8-12/h4-8,13-14,19H,9-11H2,1-3H3/t13-,14+,17+/m0/s1. The van der Waals surface area contributed by atoms with E-state index in [9.17, 15) is 9.90 Å². The molecule has 0 spiro atoms. The van der Waals surface area contributed by atoms with Crippen molar-refractivity contribution < 1.29 is 24.1 Å². The third-order valence-corrected chi connectivity index (χ3v) is 3.94. The number of aliphatic hydroxyl groups is 1. The van der Waals surface area contributed by atoms with Crippen LogP contribution in [0.25, 0.3) is 0 Å². The summed E-state index contributed by atoms with van der Waals surface area (Å²) in [6.07, 6.45) is -1.22. The second kappa shape index (κ2) is 5.78. The Morgan fingerprint density at radius 1 is 1.35 bits per heavy atom. The van der Waals surface area contributed by atoms with Crippen LogP contribution in [-0.2, 0) is 20.0 Å².